The maximum absolute atomic E-state index is 12.4. The van der Waals surface area contributed by atoms with Crippen LogP contribution in [0.25, 0.3) is 0 Å². The van der Waals surface area contributed by atoms with Gasteiger partial charge in [-0.3, -0.25) is 4.79 Å². The lowest BCUT2D eigenvalue weighted by atomic mass is 9.92. The van der Waals surface area contributed by atoms with Crippen LogP contribution in [-0.2, 0) is 0 Å². The number of ether oxygens (including phenoxy) is 1. The summed E-state index contributed by atoms with van der Waals surface area (Å²) in [5.41, 5.74) is 3.20. The summed E-state index contributed by atoms with van der Waals surface area (Å²) in [6.07, 6.45) is -0.618. The second kappa shape index (κ2) is 5.34. The van der Waals surface area contributed by atoms with Crippen LogP contribution in [0.4, 0.5) is 0 Å². The number of fused-ring (bicyclic) bond motifs is 1. The van der Waals surface area contributed by atoms with Crippen molar-refractivity contribution < 1.29 is 14.6 Å². The first kappa shape index (κ1) is 13.8. The maximum Gasteiger partial charge on any atom is 0.170 e. The smallest absolute Gasteiger partial charge is 0.170 e. The summed E-state index contributed by atoms with van der Waals surface area (Å²) in [5, 5.41) is 9.96. The molecule has 1 aliphatic rings. The molecule has 2 aromatic carbocycles. The van der Waals surface area contributed by atoms with Crippen molar-refractivity contribution in [2.45, 2.75) is 32.5 Å². The molecule has 0 fully saturated rings. The van der Waals surface area contributed by atoms with Crippen molar-refractivity contribution in [1.29, 1.82) is 0 Å². The molecule has 1 aliphatic heterocycles. The standard InChI is InChI=1S/C18H18O3/c1-11-8-14(12(2)19)18-15(9-11)16(20)10-17(21-18)13-6-4-3-5-7-13/h3-9,12,17,19H,10H2,1-2H3/t12-,17?/m0/s1. The zero-order chi connectivity index (χ0) is 15.0. The van der Waals surface area contributed by atoms with E-state index in [0.717, 1.165) is 11.1 Å². The van der Waals surface area contributed by atoms with Crippen LogP contribution in [0.15, 0.2) is 42.5 Å². The number of aliphatic hydroxyl groups is 1. The second-order valence-corrected chi connectivity index (χ2v) is 5.55. The molecule has 2 aromatic rings. The zero-order valence-electron chi connectivity index (χ0n) is 12.2. The fraction of sp³-hybridized carbons (Fsp3) is 0.278. The molecular weight excluding hydrogens is 264 g/mol. The maximum atomic E-state index is 12.4. The van der Waals surface area contributed by atoms with Crippen molar-refractivity contribution in [2.24, 2.45) is 0 Å². The predicted octanol–water partition coefficient (Wildman–Crippen LogP) is 3.75. The van der Waals surface area contributed by atoms with Gasteiger partial charge in [0.05, 0.1) is 18.1 Å². The summed E-state index contributed by atoms with van der Waals surface area (Å²) in [4.78, 5) is 12.4. The summed E-state index contributed by atoms with van der Waals surface area (Å²) in [6, 6.07) is 13.4. The monoisotopic (exact) mass is 282 g/mol. The summed E-state index contributed by atoms with van der Waals surface area (Å²) < 4.78 is 6.06. The molecule has 3 nitrogen and oxygen atoms in total. The van der Waals surface area contributed by atoms with Gasteiger partial charge in [-0.25, -0.2) is 0 Å². The van der Waals surface area contributed by atoms with E-state index in [4.69, 9.17) is 4.74 Å². The molecule has 0 aliphatic carbocycles. The van der Waals surface area contributed by atoms with E-state index in [1.807, 2.05) is 49.4 Å². The minimum atomic E-state index is -0.666. The number of carbonyl (C=O) groups is 1. The van der Waals surface area contributed by atoms with E-state index in [0.29, 0.717) is 23.3 Å². The molecule has 3 rings (SSSR count). The molecule has 0 bridgehead atoms. The fourth-order valence-electron chi connectivity index (χ4n) is 2.77. The third-order valence-corrected chi connectivity index (χ3v) is 3.81. The van der Waals surface area contributed by atoms with Gasteiger partial charge < -0.3 is 9.84 Å². The highest BCUT2D eigenvalue weighted by Crippen LogP contribution is 2.40. The first-order valence-corrected chi connectivity index (χ1v) is 7.13. The van der Waals surface area contributed by atoms with Gasteiger partial charge in [0.2, 0.25) is 0 Å². The molecule has 1 unspecified atom stereocenters. The van der Waals surface area contributed by atoms with Crippen molar-refractivity contribution >= 4 is 5.78 Å². The van der Waals surface area contributed by atoms with Crippen molar-refractivity contribution in [3.63, 3.8) is 0 Å². The Bertz CT molecular complexity index is 674. The van der Waals surface area contributed by atoms with E-state index >= 15 is 0 Å². The van der Waals surface area contributed by atoms with Crippen LogP contribution in [0.1, 0.15) is 52.6 Å². The summed E-state index contributed by atoms with van der Waals surface area (Å²) in [5.74, 6) is 0.594. The Labute approximate surface area is 124 Å². The molecule has 3 heteroatoms. The Morgan fingerprint density at radius 1 is 1.24 bits per heavy atom. The molecule has 1 heterocycles. The Hall–Kier alpha value is -2.13. The van der Waals surface area contributed by atoms with Crippen molar-refractivity contribution in [1.82, 2.24) is 0 Å². The topological polar surface area (TPSA) is 46.5 Å². The van der Waals surface area contributed by atoms with Crippen LogP contribution >= 0.6 is 0 Å². The fourth-order valence-corrected chi connectivity index (χ4v) is 2.77. The van der Waals surface area contributed by atoms with Gasteiger partial charge in [0, 0.05) is 5.56 Å². The predicted molar refractivity (Wildman–Crippen MR) is 80.6 cm³/mol. The third kappa shape index (κ3) is 2.57. The van der Waals surface area contributed by atoms with Gasteiger partial charge in [0.15, 0.2) is 5.78 Å². The molecular formula is C18H18O3. The minimum absolute atomic E-state index is 0.0655. The summed E-state index contributed by atoms with van der Waals surface area (Å²) in [7, 11) is 0. The Kier molecular flexibility index (Phi) is 3.52. The highest BCUT2D eigenvalue weighted by Gasteiger charge is 2.30. The van der Waals surface area contributed by atoms with Crippen LogP contribution in [0.3, 0.4) is 0 Å². The number of carbonyl (C=O) groups excluding carboxylic acids is 1. The Morgan fingerprint density at radius 3 is 2.62 bits per heavy atom. The minimum Gasteiger partial charge on any atom is -0.484 e. The van der Waals surface area contributed by atoms with E-state index in [-0.39, 0.29) is 11.9 Å². The molecule has 0 spiro atoms. The van der Waals surface area contributed by atoms with Gasteiger partial charge in [-0.1, -0.05) is 30.3 Å². The molecule has 1 N–H and O–H groups in total. The van der Waals surface area contributed by atoms with E-state index in [9.17, 15) is 9.90 Å². The first-order valence-electron chi connectivity index (χ1n) is 7.13. The number of Topliss-reactive ketones (excluding diaryl/α,β-unsaturated/α-hetero) is 1. The van der Waals surface area contributed by atoms with Crippen LogP contribution < -0.4 is 4.74 Å². The summed E-state index contributed by atoms with van der Waals surface area (Å²) >= 11 is 0. The number of hydrogen-bond donors (Lipinski definition) is 1. The lowest BCUT2D eigenvalue weighted by Gasteiger charge is -2.28. The van der Waals surface area contributed by atoms with Gasteiger partial charge in [-0.15, -0.1) is 0 Å². The SMILES string of the molecule is Cc1cc2c(c([C@H](C)O)c1)OC(c1ccccc1)CC2=O. The molecule has 108 valence electrons. The normalized spacial score (nSPS) is 18.8. The van der Waals surface area contributed by atoms with Crippen molar-refractivity contribution in [3.8, 4) is 5.75 Å². The third-order valence-electron chi connectivity index (χ3n) is 3.81. The number of ketones is 1. The highest BCUT2D eigenvalue weighted by molar-refractivity contribution is 6.00. The lowest BCUT2D eigenvalue weighted by Crippen LogP contribution is -2.22. The quantitative estimate of drug-likeness (QED) is 0.912. The number of hydrogen-bond acceptors (Lipinski definition) is 3. The average molecular weight is 282 g/mol. The molecule has 0 amide bonds. The average Bonchev–Trinajstić information content (AvgIpc) is 2.48. The number of aliphatic hydroxyl groups excluding tert-OH is 1. The zero-order valence-corrected chi connectivity index (χ0v) is 12.2. The molecule has 0 saturated heterocycles. The Balaban J connectivity index is 2.07. The molecule has 21 heavy (non-hydrogen) atoms. The van der Waals surface area contributed by atoms with Gasteiger partial charge >= 0.3 is 0 Å². The molecule has 0 radical (unpaired) electrons. The Morgan fingerprint density at radius 2 is 1.95 bits per heavy atom. The second-order valence-electron chi connectivity index (χ2n) is 5.55. The number of benzene rings is 2. The largest absolute Gasteiger partial charge is 0.484 e. The van der Waals surface area contributed by atoms with Gasteiger partial charge in [-0.05, 0) is 37.1 Å². The van der Waals surface area contributed by atoms with E-state index in [1.54, 1.807) is 6.92 Å². The first-order chi connectivity index (χ1) is 10.1. The molecule has 0 saturated carbocycles. The molecule has 0 aromatic heterocycles. The highest BCUT2D eigenvalue weighted by atomic mass is 16.5. The van der Waals surface area contributed by atoms with Crippen molar-refractivity contribution in [2.75, 3.05) is 0 Å². The van der Waals surface area contributed by atoms with Gasteiger partial charge in [0.1, 0.15) is 11.9 Å². The van der Waals surface area contributed by atoms with E-state index in [1.165, 1.54) is 0 Å². The molecule has 2 atom stereocenters. The lowest BCUT2D eigenvalue weighted by molar-refractivity contribution is 0.0839. The van der Waals surface area contributed by atoms with Crippen LogP contribution in [-0.4, -0.2) is 10.9 Å². The van der Waals surface area contributed by atoms with Crippen LogP contribution in [0.2, 0.25) is 0 Å². The van der Waals surface area contributed by atoms with Crippen molar-refractivity contribution in [3.05, 3.63) is 64.7 Å². The van der Waals surface area contributed by atoms with Gasteiger partial charge in [-0.2, -0.15) is 0 Å². The van der Waals surface area contributed by atoms with E-state index in [2.05, 4.69) is 0 Å². The van der Waals surface area contributed by atoms with Crippen LogP contribution in [0.5, 0.6) is 5.75 Å². The summed E-state index contributed by atoms with van der Waals surface area (Å²) in [6.45, 7) is 3.61. The van der Waals surface area contributed by atoms with E-state index < -0.39 is 6.10 Å². The number of rotatable bonds is 2. The van der Waals surface area contributed by atoms with Crippen LogP contribution in [0, 0.1) is 6.92 Å². The van der Waals surface area contributed by atoms with Gasteiger partial charge in [0.25, 0.3) is 0 Å². The number of aryl methyl sites for hydroxylation is 1.